The zero-order valence-electron chi connectivity index (χ0n) is 14.6. The van der Waals surface area contributed by atoms with Crippen LogP contribution in [0.3, 0.4) is 0 Å². The number of alkyl halides is 3. The van der Waals surface area contributed by atoms with Crippen LogP contribution in [0.15, 0.2) is 48.5 Å². The first-order valence-electron chi connectivity index (χ1n) is 8.04. The second-order valence-corrected chi connectivity index (χ2v) is 5.88. The van der Waals surface area contributed by atoms with E-state index in [4.69, 9.17) is 4.74 Å². The van der Waals surface area contributed by atoms with Crippen LogP contribution in [0, 0.1) is 0 Å². The van der Waals surface area contributed by atoms with E-state index in [1.165, 1.54) is 19.1 Å². The predicted molar refractivity (Wildman–Crippen MR) is 91.8 cm³/mol. The van der Waals surface area contributed by atoms with Crippen LogP contribution < -0.4 is 10.1 Å². The number of aliphatic carboxylic acids is 1. The number of carbonyl (C=O) groups is 3. The van der Waals surface area contributed by atoms with Gasteiger partial charge in [-0.1, -0.05) is 12.1 Å². The molecule has 2 rings (SSSR count). The fourth-order valence-electron chi connectivity index (χ4n) is 2.35. The van der Waals surface area contributed by atoms with E-state index in [1.807, 2.05) is 0 Å². The van der Waals surface area contributed by atoms with Gasteiger partial charge in [0.1, 0.15) is 11.8 Å². The van der Waals surface area contributed by atoms with Crippen LogP contribution in [0.4, 0.5) is 13.2 Å². The minimum Gasteiger partial charge on any atom is -0.480 e. The number of amides is 1. The average molecular weight is 395 g/mol. The molecule has 0 radical (unpaired) electrons. The van der Waals surface area contributed by atoms with Crippen molar-refractivity contribution in [2.75, 3.05) is 0 Å². The van der Waals surface area contributed by atoms with Crippen LogP contribution in [0.25, 0.3) is 0 Å². The molecular formula is C19H16F3NO5. The maximum atomic E-state index is 12.6. The van der Waals surface area contributed by atoms with Crippen molar-refractivity contribution in [3.05, 3.63) is 65.2 Å². The summed E-state index contributed by atoms with van der Waals surface area (Å²) < 4.78 is 42.6. The summed E-state index contributed by atoms with van der Waals surface area (Å²) in [5, 5.41) is 11.6. The Hall–Kier alpha value is -3.36. The van der Waals surface area contributed by atoms with Gasteiger partial charge in [0.2, 0.25) is 0 Å². The third kappa shape index (κ3) is 5.83. The Bertz CT molecular complexity index is 861. The first kappa shape index (κ1) is 20.9. The molecule has 1 atom stereocenters. The fourth-order valence-corrected chi connectivity index (χ4v) is 2.35. The molecule has 2 N–H and O–H groups in total. The monoisotopic (exact) mass is 395 g/mol. The largest absolute Gasteiger partial charge is 0.480 e. The molecule has 0 saturated carbocycles. The molecule has 0 heterocycles. The number of carboxylic acids is 1. The molecule has 0 saturated heterocycles. The van der Waals surface area contributed by atoms with E-state index >= 15 is 0 Å². The first-order valence-corrected chi connectivity index (χ1v) is 8.04. The van der Waals surface area contributed by atoms with Gasteiger partial charge in [0.25, 0.3) is 5.91 Å². The Morgan fingerprint density at radius 1 is 1.04 bits per heavy atom. The molecule has 9 heteroatoms. The molecule has 148 valence electrons. The lowest BCUT2D eigenvalue weighted by atomic mass is 10.0. The minimum atomic E-state index is -4.53. The molecule has 0 fully saturated rings. The van der Waals surface area contributed by atoms with Gasteiger partial charge in [0.15, 0.2) is 0 Å². The van der Waals surface area contributed by atoms with Crippen molar-refractivity contribution >= 4 is 17.8 Å². The molecule has 0 aliphatic heterocycles. The molecule has 1 amide bonds. The lowest BCUT2D eigenvalue weighted by Gasteiger charge is -2.15. The Morgan fingerprint density at radius 2 is 1.61 bits per heavy atom. The Morgan fingerprint density at radius 3 is 2.07 bits per heavy atom. The molecule has 0 aliphatic rings. The van der Waals surface area contributed by atoms with Crippen LogP contribution in [-0.4, -0.2) is 29.0 Å². The van der Waals surface area contributed by atoms with Crippen molar-refractivity contribution in [3.63, 3.8) is 0 Å². The summed E-state index contributed by atoms with van der Waals surface area (Å²) in [6.45, 7) is 1.24. The second kappa shape index (κ2) is 8.55. The van der Waals surface area contributed by atoms with Gasteiger partial charge < -0.3 is 15.2 Å². The third-order valence-electron chi connectivity index (χ3n) is 3.70. The van der Waals surface area contributed by atoms with E-state index in [0.29, 0.717) is 5.56 Å². The number of benzene rings is 2. The molecule has 6 nitrogen and oxygen atoms in total. The van der Waals surface area contributed by atoms with Gasteiger partial charge in [0, 0.05) is 18.9 Å². The molecule has 0 aromatic heterocycles. The molecular weight excluding hydrogens is 379 g/mol. The molecule has 0 aliphatic carbocycles. The third-order valence-corrected chi connectivity index (χ3v) is 3.70. The number of carbonyl (C=O) groups excluding carboxylic acids is 2. The Balaban J connectivity index is 2.07. The van der Waals surface area contributed by atoms with Gasteiger partial charge >= 0.3 is 18.1 Å². The Kier molecular flexibility index (Phi) is 6.40. The Labute approximate surface area is 157 Å². The number of hydrogen-bond acceptors (Lipinski definition) is 4. The van der Waals surface area contributed by atoms with E-state index in [0.717, 1.165) is 24.3 Å². The summed E-state index contributed by atoms with van der Waals surface area (Å²) >= 11 is 0. The van der Waals surface area contributed by atoms with E-state index in [1.54, 1.807) is 12.1 Å². The van der Waals surface area contributed by atoms with Gasteiger partial charge in [-0.25, -0.2) is 4.79 Å². The molecule has 0 spiro atoms. The molecule has 0 bridgehead atoms. The maximum Gasteiger partial charge on any atom is 0.416 e. The normalized spacial score (nSPS) is 12.1. The van der Waals surface area contributed by atoms with Crippen molar-refractivity contribution in [1.82, 2.24) is 5.32 Å². The summed E-state index contributed by atoms with van der Waals surface area (Å²) in [5.74, 6) is -2.32. The van der Waals surface area contributed by atoms with Gasteiger partial charge in [-0.05, 0) is 42.0 Å². The highest BCUT2D eigenvalue weighted by Crippen LogP contribution is 2.29. The van der Waals surface area contributed by atoms with Crippen LogP contribution >= 0.6 is 0 Å². The quantitative estimate of drug-likeness (QED) is 0.579. The van der Waals surface area contributed by atoms with Crippen LogP contribution in [-0.2, 0) is 22.2 Å². The van der Waals surface area contributed by atoms with E-state index in [-0.39, 0.29) is 17.7 Å². The van der Waals surface area contributed by atoms with E-state index in [9.17, 15) is 32.7 Å². The maximum absolute atomic E-state index is 12.6. The van der Waals surface area contributed by atoms with Crippen molar-refractivity contribution in [2.24, 2.45) is 0 Å². The van der Waals surface area contributed by atoms with Crippen LogP contribution in [0.2, 0.25) is 0 Å². The van der Waals surface area contributed by atoms with Crippen LogP contribution in [0.1, 0.15) is 28.4 Å². The molecule has 2 aromatic carbocycles. The summed E-state index contributed by atoms with van der Waals surface area (Å²) in [7, 11) is 0. The lowest BCUT2D eigenvalue weighted by molar-refractivity contribution is -0.139. The van der Waals surface area contributed by atoms with Gasteiger partial charge in [-0.15, -0.1) is 0 Å². The van der Waals surface area contributed by atoms with Gasteiger partial charge in [-0.2, -0.15) is 13.2 Å². The number of rotatable bonds is 6. The highest BCUT2D eigenvalue weighted by atomic mass is 19.4. The average Bonchev–Trinajstić information content (AvgIpc) is 2.61. The number of esters is 1. The first-order chi connectivity index (χ1) is 13.1. The summed E-state index contributed by atoms with van der Waals surface area (Å²) in [4.78, 5) is 34.5. The summed E-state index contributed by atoms with van der Waals surface area (Å²) in [5.41, 5.74) is -0.452. The predicted octanol–water partition coefficient (Wildman–Crippen LogP) is 3.06. The van der Waals surface area contributed by atoms with Crippen LogP contribution in [0.5, 0.6) is 5.75 Å². The number of carboxylic acid groups (broad SMARTS) is 1. The van der Waals surface area contributed by atoms with Crippen molar-refractivity contribution < 1.29 is 37.4 Å². The lowest BCUT2D eigenvalue weighted by Crippen LogP contribution is -2.42. The highest BCUT2D eigenvalue weighted by Gasteiger charge is 2.30. The van der Waals surface area contributed by atoms with E-state index < -0.39 is 35.6 Å². The van der Waals surface area contributed by atoms with E-state index in [2.05, 4.69) is 5.32 Å². The summed E-state index contributed by atoms with van der Waals surface area (Å²) in [6, 6.07) is 8.19. The zero-order valence-corrected chi connectivity index (χ0v) is 14.6. The van der Waals surface area contributed by atoms with Crippen molar-refractivity contribution in [1.29, 1.82) is 0 Å². The van der Waals surface area contributed by atoms with Gasteiger partial charge in [-0.3, -0.25) is 9.59 Å². The molecule has 1 unspecified atom stereocenters. The molecule has 28 heavy (non-hydrogen) atoms. The van der Waals surface area contributed by atoms with Crippen molar-refractivity contribution in [3.8, 4) is 5.75 Å². The molecule has 2 aromatic rings. The standard InChI is InChI=1S/C19H16F3NO5/c1-11(24)28-15-8-2-12(3-9-15)10-16(18(26)27)23-17(25)13-4-6-14(7-5-13)19(20,21)22/h2-9,16H,10H2,1H3,(H,23,25)(H,26,27). The van der Waals surface area contributed by atoms with Crippen molar-refractivity contribution in [2.45, 2.75) is 25.6 Å². The smallest absolute Gasteiger partial charge is 0.416 e. The topological polar surface area (TPSA) is 92.7 Å². The number of nitrogens with one attached hydrogen (secondary N) is 1. The van der Waals surface area contributed by atoms with Gasteiger partial charge in [0.05, 0.1) is 5.56 Å². The second-order valence-electron chi connectivity index (χ2n) is 5.88. The zero-order chi connectivity index (χ0) is 20.9. The fraction of sp³-hybridized carbons (Fsp3) is 0.211. The number of hydrogen-bond donors (Lipinski definition) is 2. The number of halogens is 3. The highest BCUT2D eigenvalue weighted by molar-refractivity contribution is 5.96. The SMILES string of the molecule is CC(=O)Oc1ccc(CC(NC(=O)c2ccc(C(F)(F)F)cc2)C(=O)O)cc1. The summed E-state index contributed by atoms with van der Waals surface area (Å²) in [6.07, 6.45) is -4.60. The number of ether oxygens (including phenoxy) is 1. The minimum absolute atomic E-state index is 0.0674.